The van der Waals surface area contributed by atoms with Gasteiger partial charge < -0.3 is 4.74 Å². The van der Waals surface area contributed by atoms with Gasteiger partial charge in [-0.2, -0.15) is 0 Å². The molecule has 0 aliphatic rings. The van der Waals surface area contributed by atoms with Crippen molar-refractivity contribution in [3.8, 4) is 5.75 Å². The van der Waals surface area contributed by atoms with Crippen LogP contribution in [0.15, 0.2) is 84.9 Å². The molecule has 0 saturated heterocycles. The van der Waals surface area contributed by atoms with Gasteiger partial charge in [-0.1, -0.05) is 72.8 Å². The summed E-state index contributed by atoms with van der Waals surface area (Å²) in [6.45, 7) is 0.577. The molecular weight excluding hydrogens is 304 g/mol. The Labute approximate surface area is 142 Å². The highest BCUT2D eigenvalue weighted by Gasteiger charge is 2.09. The zero-order chi connectivity index (χ0) is 15.9. The van der Waals surface area contributed by atoms with Crippen molar-refractivity contribution in [2.75, 3.05) is 0 Å². The molecule has 0 heterocycles. The van der Waals surface area contributed by atoms with Crippen LogP contribution in [-0.4, -0.2) is 0 Å². The minimum atomic E-state index is -0.0272. The average Bonchev–Trinajstić information content (AvgIpc) is 2.62. The van der Waals surface area contributed by atoms with Crippen LogP contribution in [0.1, 0.15) is 22.1 Å². The highest BCUT2D eigenvalue weighted by Crippen LogP contribution is 2.26. The van der Waals surface area contributed by atoms with Crippen molar-refractivity contribution < 1.29 is 4.74 Å². The van der Waals surface area contributed by atoms with Crippen molar-refractivity contribution >= 4 is 11.6 Å². The van der Waals surface area contributed by atoms with E-state index in [0.717, 1.165) is 23.3 Å². The molecule has 0 amide bonds. The molecule has 3 aromatic carbocycles. The Hall–Kier alpha value is -2.25. The monoisotopic (exact) mass is 322 g/mol. The Morgan fingerprint density at radius 1 is 0.739 bits per heavy atom. The van der Waals surface area contributed by atoms with E-state index in [2.05, 4.69) is 36.4 Å². The Morgan fingerprint density at radius 3 is 2.13 bits per heavy atom. The van der Waals surface area contributed by atoms with Crippen LogP contribution in [-0.2, 0) is 13.0 Å². The summed E-state index contributed by atoms with van der Waals surface area (Å²) < 4.78 is 5.88. The maximum Gasteiger partial charge on any atom is 0.120 e. The van der Waals surface area contributed by atoms with Gasteiger partial charge in [0.2, 0.25) is 0 Å². The molecule has 1 nitrogen and oxygen atoms in total. The van der Waals surface area contributed by atoms with Crippen molar-refractivity contribution in [3.63, 3.8) is 0 Å². The standard InChI is InChI=1S/C21H19ClO/c22-21(19-11-5-2-6-12-19)15-18-10-7-13-20(14-18)23-16-17-8-3-1-4-9-17/h1-14,21H,15-16H2. The number of hydrogen-bond donors (Lipinski definition) is 0. The van der Waals surface area contributed by atoms with Crippen LogP contribution < -0.4 is 4.74 Å². The molecule has 3 rings (SSSR count). The topological polar surface area (TPSA) is 9.23 Å². The lowest BCUT2D eigenvalue weighted by Gasteiger charge is -2.12. The summed E-state index contributed by atoms with van der Waals surface area (Å²) in [7, 11) is 0. The second-order valence-electron chi connectivity index (χ2n) is 5.50. The summed E-state index contributed by atoms with van der Waals surface area (Å²) in [6.07, 6.45) is 0.786. The maximum atomic E-state index is 6.53. The van der Waals surface area contributed by atoms with Crippen LogP contribution >= 0.6 is 11.6 Å². The number of hydrogen-bond acceptors (Lipinski definition) is 1. The van der Waals surface area contributed by atoms with Crippen molar-refractivity contribution in [3.05, 3.63) is 102 Å². The second-order valence-corrected chi connectivity index (χ2v) is 6.03. The fraction of sp³-hybridized carbons (Fsp3) is 0.143. The minimum absolute atomic E-state index is 0.0272. The van der Waals surface area contributed by atoms with Crippen LogP contribution in [0.25, 0.3) is 0 Å². The van der Waals surface area contributed by atoms with Gasteiger partial charge in [0.25, 0.3) is 0 Å². The predicted molar refractivity (Wildman–Crippen MR) is 96.0 cm³/mol. The van der Waals surface area contributed by atoms with E-state index in [1.54, 1.807) is 0 Å². The molecule has 0 radical (unpaired) electrons. The van der Waals surface area contributed by atoms with Crippen molar-refractivity contribution in [2.24, 2.45) is 0 Å². The molecule has 1 atom stereocenters. The molecule has 23 heavy (non-hydrogen) atoms. The van der Waals surface area contributed by atoms with Crippen LogP contribution in [0, 0.1) is 0 Å². The lowest BCUT2D eigenvalue weighted by molar-refractivity contribution is 0.306. The fourth-order valence-corrected chi connectivity index (χ4v) is 2.81. The summed E-state index contributed by atoms with van der Waals surface area (Å²) in [5.41, 5.74) is 3.49. The third kappa shape index (κ3) is 4.61. The van der Waals surface area contributed by atoms with Crippen molar-refractivity contribution in [1.82, 2.24) is 0 Å². The van der Waals surface area contributed by atoms with Gasteiger partial charge in [-0.3, -0.25) is 0 Å². The van der Waals surface area contributed by atoms with Crippen molar-refractivity contribution in [1.29, 1.82) is 0 Å². The largest absolute Gasteiger partial charge is 0.489 e. The number of rotatable bonds is 6. The molecule has 0 saturated carbocycles. The number of ether oxygens (including phenoxy) is 1. The predicted octanol–water partition coefficient (Wildman–Crippen LogP) is 5.79. The third-order valence-electron chi connectivity index (χ3n) is 3.72. The molecule has 0 aromatic heterocycles. The van der Waals surface area contributed by atoms with Gasteiger partial charge in [-0.05, 0) is 35.2 Å². The summed E-state index contributed by atoms with van der Waals surface area (Å²) in [4.78, 5) is 0. The van der Waals surface area contributed by atoms with Crippen LogP contribution in [0.5, 0.6) is 5.75 Å². The average molecular weight is 323 g/mol. The molecule has 0 aliphatic carbocycles. The molecule has 0 fully saturated rings. The molecular formula is C21H19ClO. The van der Waals surface area contributed by atoms with Gasteiger partial charge in [-0.25, -0.2) is 0 Å². The smallest absolute Gasteiger partial charge is 0.120 e. The van der Waals surface area contributed by atoms with E-state index in [-0.39, 0.29) is 5.38 Å². The van der Waals surface area contributed by atoms with Gasteiger partial charge in [0, 0.05) is 0 Å². The Morgan fingerprint density at radius 2 is 1.39 bits per heavy atom. The number of benzene rings is 3. The Balaban J connectivity index is 1.63. The van der Waals surface area contributed by atoms with Gasteiger partial charge >= 0.3 is 0 Å². The maximum absolute atomic E-state index is 6.53. The Kier molecular flexibility index (Phi) is 5.33. The van der Waals surface area contributed by atoms with Gasteiger partial charge in [0.15, 0.2) is 0 Å². The first-order valence-electron chi connectivity index (χ1n) is 7.76. The van der Waals surface area contributed by atoms with E-state index in [4.69, 9.17) is 16.3 Å². The lowest BCUT2D eigenvalue weighted by Crippen LogP contribution is -1.98. The second kappa shape index (κ2) is 7.85. The first-order valence-corrected chi connectivity index (χ1v) is 8.19. The summed E-state index contributed by atoms with van der Waals surface area (Å²) in [5.74, 6) is 0.878. The van der Waals surface area contributed by atoms with E-state index in [0.29, 0.717) is 6.61 Å². The zero-order valence-corrected chi connectivity index (χ0v) is 13.6. The normalized spacial score (nSPS) is 11.9. The molecule has 0 bridgehead atoms. The van der Waals surface area contributed by atoms with Crippen LogP contribution in [0.4, 0.5) is 0 Å². The van der Waals surface area contributed by atoms with E-state index in [1.165, 1.54) is 5.56 Å². The molecule has 0 spiro atoms. The molecule has 0 aliphatic heterocycles. The summed E-state index contributed by atoms with van der Waals surface area (Å²) in [5, 5.41) is -0.0272. The SMILES string of the molecule is ClC(Cc1cccc(OCc2ccccc2)c1)c1ccccc1. The molecule has 116 valence electrons. The lowest BCUT2D eigenvalue weighted by atomic mass is 10.0. The third-order valence-corrected chi connectivity index (χ3v) is 4.13. The molecule has 1 unspecified atom stereocenters. The minimum Gasteiger partial charge on any atom is -0.489 e. The van der Waals surface area contributed by atoms with Crippen LogP contribution in [0.3, 0.4) is 0 Å². The first-order chi connectivity index (χ1) is 11.3. The van der Waals surface area contributed by atoms with E-state index in [9.17, 15) is 0 Å². The van der Waals surface area contributed by atoms with Crippen LogP contribution in [0.2, 0.25) is 0 Å². The van der Waals surface area contributed by atoms with Crippen molar-refractivity contribution in [2.45, 2.75) is 18.4 Å². The van der Waals surface area contributed by atoms with E-state index >= 15 is 0 Å². The van der Waals surface area contributed by atoms with Gasteiger partial charge in [-0.15, -0.1) is 11.6 Å². The highest BCUT2D eigenvalue weighted by atomic mass is 35.5. The summed E-state index contributed by atoms with van der Waals surface area (Å²) >= 11 is 6.53. The summed E-state index contributed by atoms with van der Waals surface area (Å²) in [6, 6.07) is 28.5. The first kappa shape index (κ1) is 15.6. The molecule has 0 N–H and O–H groups in total. The number of halogens is 1. The quantitative estimate of drug-likeness (QED) is 0.522. The Bertz CT molecular complexity index is 725. The van der Waals surface area contributed by atoms with E-state index in [1.807, 2.05) is 48.5 Å². The number of alkyl halides is 1. The highest BCUT2D eigenvalue weighted by molar-refractivity contribution is 6.20. The molecule has 2 heteroatoms. The van der Waals surface area contributed by atoms with E-state index < -0.39 is 0 Å². The fourth-order valence-electron chi connectivity index (χ4n) is 2.49. The zero-order valence-electron chi connectivity index (χ0n) is 12.9. The van der Waals surface area contributed by atoms with Gasteiger partial charge in [0.1, 0.15) is 12.4 Å². The van der Waals surface area contributed by atoms with Gasteiger partial charge in [0.05, 0.1) is 5.38 Å². The molecule has 3 aromatic rings.